The van der Waals surface area contributed by atoms with Crippen LogP contribution in [0.1, 0.15) is 25.7 Å². The lowest BCUT2D eigenvalue weighted by molar-refractivity contribution is 0.126. The fraction of sp³-hybridized carbons (Fsp3) is 1.00. The summed E-state index contributed by atoms with van der Waals surface area (Å²) in [5, 5.41) is 0. The van der Waals surface area contributed by atoms with Gasteiger partial charge in [-0.2, -0.15) is 0 Å². The molecular formula is C13H27N3O3S. The van der Waals surface area contributed by atoms with Gasteiger partial charge in [0.2, 0.25) is 10.0 Å². The summed E-state index contributed by atoms with van der Waals surface area (Å²) in [4.78, 5) is 2.31. The molecule has 0 radical (unpaired) electrons. The largest absolute Gasteiger partial charge is 0.377 e. The zero-order valence-electron chi connectivity index (χ0n) is 12.2. The van der Waals surface area contributed by atoms with Crippen LogP contribution in [0, 0.1) is 0 Å². The van der Waals surface area contributed by atoms with Gasteiger partial charge in [0.05, 0.1) is 11.9 Å². The zero-order chi connectivity index (χ0) is 14.4. The summed E-state index contributed by atoms with van der Waals surface area (Å²) in [6.45, 7) is 5.37. The van der Waals surface area contributed by atoms with E-state index in [9.17, 15) is 8.42 Å². The fourth-order valence-corrected chi connectivity index (χ4v) is 4.59. The van der Waals surface area contributed by atoms with Gasteiger partial charge < -0.3 is 15.4 Å². The van der Waals surface area contributed by atoms with E-state index in [-0.39, 0.29) is 11.9 Å². The predicted octanol–water partition coefficient (Wildman–Crippen LogP) is -0.148. The van der Waals surface area contributed by atoms with E-state index in [2.05, 4.69) is 4.90 Å². The topological polar surface area (TPSA) is 75.9 Å². The van der Waals surface area contributed by atoms with Gasteiger partial charge in [0, 0.05) is 26.2 Å². The van der Waals surface area contributed by atoms with E-state index in [4.69, 9.17) is 10.5 Å². The quantitative estimate of drug-likeness (QED) is 0.739. The Labute approximate surface area is 122 Å². The van der Waals surface area contributed by atoms with Gasteiger partial charge in [-0.1, -0.05) is 0 Å². The van der Waals surface area contributed by atoms with Gasteiger partial charge in [-0.25, -0.2) is 12.7 Å². The van der Waals surface area contributed by atoms with Crippen molar-refractivity contribution in [2.45, 2.75) is 31.8 Å². The summed E-state index contributed by atoms with van der Waals surface area (Å²) in [5.74, 6) is 0.149. The Morgan fingerprint density at radius 3 is 2.70 bits per heavy atom. The standard InChI is InChI=1S/C13H27N3O3S/c14-5-2-6-15-7-3-8-16(10-9-15)20(17,18)12-13-4-1-11-19-13/h13H,1-12,14H2. The van der Waals surface area contributed by atoms with Crippen LogP contribution >= 0.6 is 0 Å². The van der Waals surface area contributed by atoms with Crippen molar-refractivity contribution in [3.8, 4) is 0 Å². The monoisotopic (exact) mass is 305 g/mol. The summed E-state index contributed by atoms with van der Waals surface area (Å²) in [6, 6.07) is 0. The Morgan fingerprint density at radius 2 is 2.00 bits per heavy atom. The van der Waals surface area contributed by atoms with Gasteiger partial charge in [-0.05, 0) is 45.3 Å². The van der Waals surface area contributed by atoms with Crippen LogP contribution in [0.25, 0.3) is 0 Å². The molecule has 0 aliphatic carbocycles. The van der Waals surface area contributed by atoms with Crippen LogP contribution in [0.15, 0.2) is 0 Å². The minimum Gasteiger partial charge on any atom is -0.377 e. The zero-order valence-corrected chi connectivity index (χ0v) is 13.0. The van der Waals surface area contributed by atoms with E-state index in [0.717, 1.165) is 45.3 Å². The number of sulfonamides is 1. The molecule has 1 atom stereocenters. The molecule has 118 valence electrons. The molecule has 0 aromatic carbocycles. The number of nitrogens with zero attached hydrogens (tertiary/aromatic N) is 2. The summed E-state index contributed by atoms with van der Waals surface area (Å²) >= 11 is 0. The second-order valence-corrected chi connectivity index (χ2v) is 7.66. The van der Waals surface area contributed by atoms with Crippen molar-refractivity contribution >= 4 is 10.0 Å². The lowest BCUT2D eigenvalue weighted by Crippen LogP contribution is -2.39. The van der Waals surface area contributed by atoms with Crippen molar-refractivity contribution in [3.05, 3.63) is 0 Å². The molecule has 6 nitrogen and oxygen atoms in total. The van der Waals surface area contributed by atoms with E-state index in [1.165, 1.54) is 0 Å². The second kappa shape index (κ2) is 7.70. The van der Waals surface area contributed by atoms with Crippen LogP contribution in [0.4, 0.5) is 0 Å². The highest BCUT2D eigenvalue weighted by Gasteiger charge is 2.29. The summed E-state index contributed by atoms with van der Waals surface area (Å²) < 4.78 is 31.9. The lowest BCUT2D eigenvalue weighted by Gasteiger charge is -2.22. The smallest absolute Gasteiger partial charge is 0.216 e. The molecular weight excluding hydrogens is 278 g/mol. The number of rotatable bonds is 6. The summed E-state index contributed by atoms with van der Waals surface area (Å²) in [7, 11) is -3.18. The van der Waals surface area contributed by atoms with E-state index in [1.807, 2.05) is 0 Å². The number of ether oxygens (including phenoxy) is 1. The predicted molar refractivity (Wildman–Crippen MR) is 79.1 cm³/mol. The molecule has 7 heteroatoms. The van der Waals surface area contributed by atoms with Gasteiger partial charge in [0.25, 0.3) is 0 Å². The van der Waals surface area contributed by atoms with Crippen LogP contribution in [-0.4, -0.2) is 75.4 Å². The van der Waals surface area contributed by atoms with Crippen molar-refractivity contribution in [1.82, 2.24) is 9.21 Å². The number of hydrogen-bond donors (Lipinski definition) is 1. The maximum atomic E-state index is 12.4. The average Bonchev–Trinajstić information content (AvgIpc) is 2.78. The fourth-order valence-electron chi connectivity index (χ4n) is 2.88. The Kier molecular flexibility index (Phi) is 6.22. The Balaban J connectivity index is 1.85. The molecule has 2 aliphatic heterocycles. The van der Waals surface area contributed by atoms with Crippen molar-refractivity contribution in [2.24, 2.45) is 5.73 Å². The van der Waals surface area contributed by atoms with E-state index < -0.39 is 10.0 Å². The molecule has 2 rings (SSSR count). The third kappa shape index (κ3) is 4.66. The first-order valence-corrected chi connectivity index (χ1v) is 9.24. The van der Waals surface area contributed by atoms with Gasteiger partial charge in [-0.3, -0.25) is 0 Å². The summed E-state index contributed by atoms with van der Waals surface area (Å²) in [5.41, 5.74) is 5.53. The van der Waals surface area contributed by atoms with Crippen molar-refractivity contribution < 1.29 is 13.2 Å². The molecule has 2 heterocycles. The molecule has 0 bridgehead atoms. The normalized spacial score (nSPS) is 26.8. The van der Waals surface area contributed by atoms with Gasteiger partial charge >= 0.3 is 0 Å². The molecule has 1 unspecified atom stereocenters. The third-order valence-electron chi connectivity index (χ3n) is 4.04. The van der Waals surface area contributed by atoms with Crippen LogP contribution in [0.5, 0.6) is 0 Å². The summed E-state index contributed by atoms with van der Waals surface area (Å²) in [6.07, 6.45) is 3.62. The highest BCUT2D eigenvalue weighted by Crippen LogP contribution is 2.17. The van der Waals surface area contributed by atoms with E-state index >= 15 is 0 Å². The molecule has 0 aromatic heterocycles. The molecule has 0 amide bonds. The van der Waals surface area contributed by atoms with Crippen LogP contribution in [0.2, 0.25) is 0 Å². The maximum absolute atomic E-state index is 12.4. The van der Waals surface area contributed by atoms with Crippen LogP contribution in [0.3, 0.4) is 0 Å². The van der Waals surface area contributed by atoms with Crippen molar-refractivity contribution in [1.29, 1.82) is 0 Å². The molecule has 0 aromatic rings. The minimum absolute atomic E-state index is 0.100. The first-order chi connectivity index (χ1) is 9.62. The molecule has 20 heavy (non-hydrogen) atoms. The molecule has 2 fully saturated rings. The van der Waals surface area contributed by atoms with Gasteiger partial charge in [0.1, 0.15) is 0 Å². The van der Waals surface area contributed by atoms with Crippen molar-refractivity contribution in [3.63, 3.8) is 0 Å². The average molecular weight is 305 g/mol. The van der Waals surface area contributed by atoms with Gasteiger partial charge in [0.15, 0.2) is 0 Å². The Morgan fingerprint density at radius 1 is 1.15 bits per heavy atom. The van der Waals surface area contributed by atoms with E-state index in [1.54, 1.807) is 4.31 Å². The Bertz CT molecular complexity index is 382. The second-order valence-electron chi connectivity index (χ2n) is 5.65. The highest BCUT2D eigenvalue weighted by molar-refractivity contribution is 7.89. The maximum Gasteiger partial charge on any atom is 0.216 e. The third-order valence-corrected chi connectivity index (χ3v) is 5.98. The molecule has 2 N–H and O–H groups in total. The number of nitrogens with two attached hydrogens (primary N) is 1. The molecule has 2 aliphatic rings. The van der Waals surface area contributed by atoms with Crippen LogP contribution < -0.4 is 5.73 Å². The SMILES string of the molecule is NCCCN1CCCN(S(=O)(=O)CC2CCCO2)CC1. The molecule has 2 saturated heterocycles. The van der Waals surface area contributed by atoms with Gasteiger partial charge in [-0.15, -0.1) is 0 Å². The lowest BCUT2D eigenvalue weighted by atomic mass is 10.3. The van der Waals surface area contributed by atoms with Crippen molar-refractivity contribution in [2.75, 3.05) is 51.6 Å². The minimum atomic E-state index is -3.18. The molecule has 0 spiro atoms. The van der Waals surface area contributed by atoms with E-state index in [0.29, 0.717) is 26.2 Å². The highest BCUT2D eigenvalue weighted by atomic mass is 32.2. The Hall–Kier alpha value is -0.210. The number of hydrogen-bond acceptors (Lipinski definition) is 5. The van der Waals surface area contributed by atoms with Crippen LogP contribution in [-0.2, 0) is 14.8 Å². The first kappa shape index (κ1) is 16.2. The molecule has 0 saturated carbocycles. The first-order valence-electron chi connectivity index (χ1n) is 7.63.